The standard InChI is InChI=1S/C12H15ClN2O4/c1-9(16)7-14(12(17)6-13)8-10-4-2-3-5-11(10)15(18)19/h2-5,9,16H,6-8H2,1H3. The van der Waals surface area contributed by atoms with Crippen molar-refractivity contribution >= 4 is 23.2 Å². The van der Waals surface area contributed by atoms with E-state index in [1.54, 1.807) is 18.2 Å². The van der Waals surface area contributed by atoms with E-state index >= 15 is 0 Å². The van der Waals surface area contributed by atoms with Crippen molar-refractivity contribution in [3.8, 4) is 0 Å². The maximum atomic E-state index is 11.6. The van der Waals surface area contributed by atoms with Crippen LogP contribution in [0.15, 0.2) is 24.3 Å². The molecule has 0 radical (unpaired) electrons. The van der Waals surface area contributed by atoms with Crippen molar-refractivity contribution < 1.29 is 14.8 Å². The molecule has 0 aromatic heterocycles. The Bertz CT molecular complexity index is 465. The van der Waals surface area contributed by atoms with Gasteiger partial charge in [0.2, 0.25) is 5.91 Å². The van der Waals surface area contributed by atoms with Gasteiger partial charge in [-0.25, -0.2) is 0 Å². The fourth-order valence-corrected chi connectivity index (χ4v) is 1.86. The lowest BCUT2D eigenvalue weighted by molar-refractivity contribution is -0.385. The zero-order chi connectivity index (χ0) is 14.4. The van der Waals surface area contributed by atoms with Crippen LogP contribution in [0.4, 0.5) is 5.69 Å². The van der Waals surface area contributed by atoms with Gasteiger partial charge in [0.05, 0.1) is 17.6 Å². The first-order valence-electron chi connectivity index (χ1n) is 5.69. The lowest BCUT2D eigenvalue weighted by atomic mass is 10.1. The molecule has 0 aliphatic heterocycles. The van der Waals surface area contributed by atoms with Crippen LogP contribution in [-0.2, 0) is 11.3 Å². The normalized spacial score (nSPS) is 11.9. The van der Waals surface area contributed by atoms with Crippen molar-refractivity contribution in [1.29, 1.82) is 0 Å². The predicted octanol–water partition coefficient (Wildman–Crippen LogP) is 1.54. The first kappa shape index (κ1) is 15.4. The Morgan fingerprint density at radius 2 is 2.16 bits per heavy atom. The molecule has 1 unspecified atom stereocenters. The largest absolute Gasteiger partial charge is 0.392 e. The van der Waals surface area contributed by atoms with E-state index < -0.39 is 11.0 Å². The number of hydrogen-bond acceptors (Lipinski definition) is 4. The highest BCUT2D eigenvalue weighted by Crippen LogP contribution is 2.19. The van der Waals surface area contributed by atoms with E-state index in [2.05, 4.69) is 0 Å². The monoisotopic (exact) mass is 286 g/mol. The second-order valence-corrected chi connectivity index (χ2v) is 4.41. The third kappa shape index (κ3) is 4.50. The molecule has 6 nitrogen and oxygen atoms in total. The molecular weight excluding hydrogens is 272 g/mol. The van der Waals surface area contributed by atoms with Crippen LogP contribution in [0.25, 0.3) is 0 Å². The molecule has 104 valence electrons. The molecule has 0 heterocycles. The highest BCUT2D eigenvalue weighted by atomic mass is 35.5. The highest BCUT2D eigenvalue weighted by molar-refractivity contribution is 6.27. The Balaban J connectivity index is 2.96. The van der Waals surface area contributed by atoms with Gasteiger partial charge >= 0.3 is 0 Å². The lowest BCUT2D eigenvalue weighted by Crippen LogP contribution is -2.37. The summed E-state index contributed by atoms with van der Waals surface area (Å²) in [4.78, 5) is 23.3. The van der Waals surface area contributed by atoms with Gasteiger partial charge in [0.1, 0.15) is 5.88 Å². The molecule has 1 N–H and O–H groups in total. The van der Waals surface area contributed by atoms with Crippen LogP contribution in [-0.4, -0.2) is 39.4 Å². The number of para-hydroxylation sites is 1. The minimum Gasteiger partial charge on any atom is -0.392 e. The first-order valence-corrected chi connectivity index (χ1v) is 6.23. The fraction of sp³-hybridized carbons (Fsp3) is 0.417. The van der Waals surface area contributed by atoms with Crippen LogP contribution in [0.1, 0.15) is 12.5 Å². The summed E-state index contributed by atoms with van der Waals surface area (Å²) in [6.07, 6.45) is -0.727. The van der Waals surface area contributed by atoms with Gasteiger partial charge in [-0.3, -0.25) is 14.9 Å². The van der Waals surface area contributed by atoms with Gasteiger partial charge < -0.3 is 10.0 Å². The quantitative estimate of drug-likeness (QED) is 0.488. The second-order valence-electron chi connectivity index (χ2n) is 4.14. The fourth-order valence-electron chi connectivity index (χ4n) is 1.69. The number of halogens is 1. The lowest BCUT2D eigenvalue weighted by Gasteiger charge is -2.23. The maximum absolute atomic E-state index is 11.6. The van der Waals surface area contributed by atoms with Gasteiger partial charge in [0, 0.05) is 18.2 Å². The van der Waals surface area contributed by atoms with E-state index in [4.69, 9.17) is 11.6 Å². The molecule has 1 aromatic carbocycles. The zero-order valence-corrected chi connectivity index (χ0v) is 11.2. The van der Waals surface area contributed by atoms with Crippen molar-refractivity contribution in [2.24, 2.45) is 0 Å². The number of carbonyl (C=O) groups excluding carboxylic acids is 1. The third-order valence-corrected chi connectivity index (χ3v) is 2.73. The van der Waals surface area contributed by atoms with Crippen LogP contribution in [0.5, 0.6) is 0 Å². The molecule has 0 spiro atoms. The number of benzene rings is 1. The van der Waals surface area contributed by atoms with Crippen LogP contribution in [0, 0.1) is 10.1 Å². The summed E-state index contributed by atoms with van der Waals surface area (Å²) < 4.78 is 0. The van der Waals surface area contributed by atoms with Gasteiger partial charge in [-0.1, -0.05) is 18.2 Å². The summed E-state index contributed by atoms with van der Waals surface area (Å²) in [5.74, 6) is -0.603. The number of rotatable bonds is 6. The summed E-state index contributed by atoms with van der Waals surface area (Å²) >= 11 is 5.49. The number of alkyl halides is 1. The van der Waals surface area contributed by atoms with Crippen molar-refractivity contribution in [2.45, 2.75) is 19.6 Å². The molecule has 0 saturated heterocycles. The van der Waals surface area contributed by atoms with Gasteiger partial charge in [-0.05, 0) is 6.92 Å². The molecule has 1 amide bonds. The van der Waals surface area contributed by atoms with Crippen LogP contribution in [0.2, 0.25) is 0 Å². The Labute approximate surface area is 115 Å². The number of amides is 1. The van der Waals surface area contributed by atoms with Gasteiger partial charge in [-0.15, -0.1) is 11.6 Å². The van der Waals surface area contributed by atoms with Crippen LogP contribution < -0.4 is 0 Å². The number of aliphatic hydroxyl groups is 1. The molecule has 0 bridgehead atoms. The van der Waals surface area contributed by atoms with E-state index in [1.165, 1.54) is 17.9 Å². The van der Waals surface area contributed by atoms with Gasteiger partial charge in [-0.2, -0.15) is 0 Å². The number of hydrogen-bond donors (Lipinski definition) is 1. The number of nitro groups is 1. The summed E-state index contributed by atoms with van der Waals surface area (Å²) in [7, 11) is 0. The molecule has 1 atom stereocenters. The predicted molar refractivity (Wildman–Crippen MR) is 70.9 cm³/mol. The Hall–Kier alpha value is -1.66. The number of carbonyl (C=O) groups is 1. The summed E-state index contributed by atoms with van der Waals surface area (Å²) in [5, 5.41) is 20.2. The molecule has 0 aliphatic carbocycles. The van der Waals surface area contributed by atoms with E-state index in [-0.39, 0.29) is 30.6 Å². The van der Waals surface area contributed by atoms with Crippen molar-refractivity contribution in [3.63, 3.8) is 0 Å². The molecule has 1 rings (SSSR count). The van der Waals surface area contributed by atoms with Crippen LogP contribution >= 0.6 is 11.6 Å². The Morgan fingerprint density at radius 1 is 1.53 bits per heavy atom. The topological polar surface area (TPSA) is 83.7 Å². The Kier molecular flexibility index (Phi) is 5.72. The average molecular weight is 287 g/mol. The second kappa shape index (κ2) is 7.06. The smallest absolute Gasteiger partial charge is 0.274 e. The van der Waals surface area contributed by atoms with Crippen molar-refractivity contribution in [3.05, 3.63) is 39.9 Å². The molecule has 1 aromatic rings. The zero-order valence-electron chi connectivity index (χ0n) is 10.5. The van der Waals surface area contributed by atoms with E-state index in [0.717, 1.165) is 0 Å². The average Bonchev–Trinajstić information content (AvgIpc) is 2.36. The summed E-state index contributed by atoms with van der Waals surface area (Å²) in [5.41, 5.74) is 0.354. The molecule has 0 aliphatic rings. The first-order chi connectivity index (χ1) is 8.95. The summed E-state index contributed by atoms with van der Waals surface area (Å²) in [6.45, 7) is 1.67. The Morgan fingerprint density at radius 3 is 2.68 bits per heavy atom. The third-order valence-electron chi connectivity index (χ3n) is 2.50. The number of nitrogens with zero attached hydrogens (tertiary/aromatic N) is 2. The molecule has 0 saturated carbocycles. The molecule has 7 heteroatoms. The molecular formula is C12H15ClN2O4. The number of aliphatic hydroxyl groups excluding tert-OH is 1. The van der Waals surface area contributed by atoms with E-state index in [0.29, 0.717) is 5.56 Å². The van der Waals surface area contributed by atoms with E-state index in [9.17, 15) is 20.0 Å². The SMILES string of the molecule is CC(O)CN(Cc1ccccc1[N+](=O)[O-])C(=O)CCl. The maximum Gasteiger partial charge on any atom is 0.274 e. The molecule has 0 fully saturated rings. The summed E-state index contributed by atoms with van der Waals surface area (Å²) in [6, 6.07) is 6.17. The van der Waals surface area contributed by atoms with Gasteiger partial charge in [0.25, 0.3) is 5.69 Å². The van der Waals surface area contributed by atoms with Gasteiger partial charge in [0.15, 0.2) is 0 Å². The highest BCUT2D eigenvalue weighted by Gasteiger charge is 2.20. The van der Waals surface area contributed by atoms with Crippen LogP contribution in [0.3, 0.4) is 0 Å². The van der Waals surface area contributed by atoms with Crippen molar-refractivity contribution in [2.75, 3.05) is 12.4 Å². The van der Waals surface area contributed by atoms with Crippen molar-refractivity contribution in [1.82, 2.24) is 4.90 Å². The minimum absolute atomic E-state index is 0.0492. The number of nitro benzene ring substituents is 1. The van der Waals surface area contributed by atoms with E-state index in [1.807, 2.05) is 0 Å². The molecule has 19 heavy (non-hydrogen) atoms. The minimum atomic E-state index is -0.727.